The Morgan fingerprint density at radius 2 is 1.30 bits per heavy atom. The van der Waals surface area contributed by atoms with Crippen molar-refractivity contribution in [2.24, 2.45) is 0 Å². The van der Waals surface area contributed by atoms with Gasteiger partial charge < -0.3 is 11.6 Å². The minimum Gasteiger partial charge on any atom is -1.00 e. The van der Waals surface area contributed by atoms with Crippen molar-refractivity contribution in [3.63, 3.8) is 0 Å². The Hall–Kier alpha value is 0.157. The molecular weight excluding hydrogens is 163 g/mol. The molecule has 0 heterocycles. The predicted molar refractivity (Wildman–Crippen MR) is 37.0 cm³/mol. The summed E-state index contributed by atoms with van der Waals surface area (Å²) >= 11 is 0. The summed E-state index contributed by atoms with van der Waals surface area (Å²) in [5, 5.41) is 15.8. The summed E-state index contributed by atoms with van der Waals surface area (Å²) in [6, 6.07) is 0. The van der Waals surface area contributed by atoms with Crippen LogP contribution in [0.3, 0.4) is 0 Å². The molecule has 0 aromatic heterocycles. The zero-order valence-corrected chi connectivity index (χ0v) is 7.13. The van der Waals surface area contributed by atoms with Gasteiger partial charge in [-0.1, -0.05) is 0 Å². The fourth-order valence-electron chi connectivity index (χ4n) is 0.214. The van der Waals surface area contributed by atoms with Crippen molar-refractivity contribution in [1.29, 1.82) is 0 Å². The van der Waals surface area contributed by atoms with Gasteiger partial charge in [0.25, 0.3) is 0 Å². The first-order valence-corrected chi connectivity index (χ1v) is 2.06. The Labute approximate surface area is 86.4 Å². The monoisotopic (exact) mass is 174 g/mol. The summed E-state index contributed by atoms with van der Waals surface area (Å²) in [5.41, 5.74) is 0. The molecule has 0 rings (SSSR count). The van der Waals surface area contributed by atoms with Crippen molar-refractivity contribution < 1.29 is 50.8 Å². The molecule has 0 spiro atoms. The van der Waals surface area contributed by atoms with E-state index in [2.05, 4.69) is 0 Å². The SMILES string of the molecule is O=C(O)CCC(=O)O.[H-].[Na+].[SiH4]. The zero-order chi connectivity index (χ0) is 6.57. The van der Waals surface area contributed by atoms with E-state index in [1.807, 2.05) is 0 Å². The minimum atomic E-state index is -1.08. The number of hydrogen-bond acceptors (Lipinski definition) is 2. The molecule has 0 atom stereocenters. The topological polar surface area (TPSA) is 74.6 Å². The van der Waals surface area contributed by atoms with Gasteiger partial charge in [-0.2, -0.15) is 0 Å². The zero-order valence-electron chi connectivity index (χ0n) is 6.13. The second kappa shape index (κ2) is 9.16. The van der Waals surface area contributed by atoms with Crippen LogP contribution in [0.1, 0.15) is 14.3 Å². The molecule has 0 radical (unpaired) electrons. The van der Waals surface area contributed by atoms with Crippen molar-refractivity contribution in [1.82, 2.24) is 0 Å². The van der Waals surface area contributed by atoms with Gasteiger partial charge in [0.2, 0.25) is 0 Å². The van der Waals surface area contributed by atoms with Crippen LogP contribution in [0.5, 0.6) is 0 Å². The summed E-state index contributed by atoms with van der Waals surface area (Å²) in [6.45, 7) is 0. The van der Waals surface area contributed by atoms with E-state index in [9.17, 15) is 9.59 Å². The Kier molecular flexibility index (Phi) is 15.2. The van der Waals surface area contributed by atoms with Crippen molar-refractivity contribution in [2.75, 3.05) is 0 Å². The van der Waals surface area contributed by atoms with Crippen molar-refractivity contribution in [2.45, 2.75) is 12.8 Å². The fraction of sp³-hybridized carbons (Fsp3) is 0.500. The maximum Gasteiger partial charge on any atom is 1.00 e. The van der Waals surface area contributed by atoms with E-state index in [0.717, 1.165) is 0 Å². The Balaban J connectivity index is -0.0000000817. The van der Waals surface area contributed by atoms with E-state index < -0.39 is 11.9 Å². The molecule has 0 bridgehead atoms. The molecule has 0 aromatic carbocycles. The molecule has 0 amide bonds. The van der Waals surface area contributed by atoms with Gasteiger partial charge in [-0.3, -0.25) is 9.59 Å². The molecule has 0 aliphatic heterocycles. The molecule has 4 nitrogen and oxygen atoms in total. The summed E-state index contributed by atoms with van der Waals surface area (Å²) in [6.07, 6.45) is -0.593. The molecule has 6 heteroatoms. The molecule has 0 saturated carbocycles. The quantitative estimate of drug-likeness (QED) is 0.424. The van der Waals surface area contributed by atoms with Crippen LogP contribution in [0, 0.1) is 0 Å². The molecule has 0 fully saturated rings. The van der Waals surface area contributed by atoms with Gasteiger partial charge in [-0.25, -0.2) is 0 Å². The van der Waals surface area contributed by atoms with E-state index in [-0.39, 0.29) is 54.8 Å². The van der Waals surface area contributed by atoms with Crippen LogP contribution >= 0.6 is 0 Å². The van der Waals surface area contributed by atoms with Crippen LogP contribution in [0.4, 0.5) is 0 Å². The first kappa shape index (κ1) is 16.6. The maximum atomic E-state index is 9.64. The van der Waals surface area contributed by atoms with Gasteiger partial charge in [0.05, 0.1) is 12.8 Å². The molecule has 0 aliphatic carbocycles. The smallest absolute Gasteiger partial charge is 1.00 e. The van der Waals surface area contributed by atoms with Gasteiger partial charge in [-0.15, -0.1) is 0 Å². The summed E-state index contributed by atoms with van der Waals surface area (Å²) in [4.78, 5) is 19.3. The molecule has 10 heavy (non-hydrogen) atoms. The summed E-state index contributed by atoms with van der Waals surface area (Å²) < 4.78 is 0. The maximum absolute atomic E-state index is 9.64. The van der Waals surface area contributed by atoms with Gasteiger partial charge in [0.1, 0.15) is 0 Å². The van der Waals surface area contributed by atoms with Crippen LogP contribution < -0.4 is 29.6 Å². The molecule has 0 aromatic rings. The molecule has 0 aliphatic rings. The van der Waals surface area contributed by atoms with E-state index in [0.29, 0.717) is 0 Å². The second-order valence-electron chi connectivity index (χ2n) is 1.29. The van der Waals surface area contributed by atoms with E-state index in [1.165, 1.54) is 0 Å². The number of carboxylic acid groups (broad SMARTS) is 2. The third kappa shape index (κ3) is 15.7. The number of rotatable bonds is 3. The Morgan fingerprint density at radius 3 is 1.40 bits per heavy atom. The summed E-state index contributed by atoms with van der Waals surface area (Å²) in [7, 11) is 0. The first-order chi connectivity index (χ1) is 3.63. The molecule has 0 unspecified atom stereocenters. The number of hydrogen-bond donors (Lipinski definition) is 2. The molecule has 0 saturated heterocycles. The van der Waals surface area contributed by atoms with Crippen molar-refractivity contribution >= 4 is 22.9 Å². The van der Waals surface area contributed by atoms with E-state index in [4.69, 9.17) is 10.2 Å². The van der Waals surface area contributed by atoms with Crippen molar-refractivity contribution in [3.8, 4) is 0 Å². The van der Waals surface area contributed by atoms with Crippen LogP contribution in [-0.2, 0) is 9.59 Å². The number of carboxylic acids is 2. The van der Waals surface area contributed by atoms with Crippen LogP contribution in [0.25, 0.3) is 0 Å². The molecular formula is C4H11NaO4Si. The predicted octanol–water partition coefficient (Wildman–Crippen LogP) is -4.40. The van der Waals surface area contributed by atoms with Gasteiger partial charge in [0, 0.05) is 0 Å². The van der Waals surface area contributed by atoms with Crippen molar-refractivity contribution in [3.05, 3.63) is 0 Å². The third-order valence-corrected chi connectivity index (χ3v) is 0.553. The van der Waals surface area contributed by atoms with Gasteiger partial charge in [0.15, 0.2) is 0 Å². The van der Waals surface area contributed by atoms with Crippen LogP contribution in [0.15, 0.2) is 0 Å². The van der Waals surface area contributed by atoms with Gasteiger partial charge in [-0.05, 0) is 11.0 Å². The van der Waals surface area contributed by atoms with E-state index in [1.54, 1.807) is 0 Å². The average Bonchev–Trinajstić information content (AvgIpc) is 1.61. The number of aliphatic carboxylic acids is 2. The van der Waals surface area contributed by atoms with Crippen LogP contribution in [0.2, 0.25) is 0 Å². The fourth-order valence-corrected chi connectivity index (χ4v) is 0.214. The van der Waals surface area contributed by atoms with Crippen LogP contribution in [-0.4, -0.2) is 33.1 Å². The standard InChI is InChI=1S/C4H6O4.Na.H4Si.H/c5-3(6)1-2-4(7)8;;;/h1-2H2,(H,5,6)(H,7,8);;1H4;/q;+1;;-1. The Bertz CT molecular complexity index is 107. The average molecular weight is 174 g/mol. The number of carbonyl (C=O) groups is 2. The molecule has 56 valence electrons. The molecule has 2 N–H and O–H groups in total. The normalized spacial score (nSPS) is 6.80. The van der Waals surface area contributed by atoms with Gasteiger partial charge >= 0.3 is 41.5 Å². The largest absolute Gasteiger partial charge is 1.00 e. The third-order valence-electron chi connectivity index (χ3n) is 0.553. The van der Waals surface area contributed by atoms with E-state index >= 15 is 0 Å². The minimum absolute atomic E-state index is 0. The first-order valence-electron chi connectivity index (χ1n) is 2.06. The summed E-state index contributed by atoms with van der Waals surface area (Å²) in [5.74, 6) is -2.15. The second-order valence-corrected chi connectivity index (χ2v) is 1.29. The Morgan fingerprint density at radius 1 is 1.10 bits per heavy atom.